The van der Waals surface area contributed by atoms with E-state index in [2.05, 4.69) is 17.6 Å². The lowest BCUT2D eigenvalue weighted by molar-refractivity contribution is 0.541. The summed E-state index contributed by atoms with van der Waals surface area (Å²) in [4.78, 5) is 0. The van der Waals surface area contributed by atoms with Gasteiger partial charge in [0.2, 0.25) is 0 Å². The van der Waals surface area contributed by atoms with E-state index in [9.17, 15) is 0 Å². The van der Waals surface area contributed by atoms with Gasteiger partial charge >= 0.3 is 0 Å². The molecule has 0 saturated carbocycles. The molecule has 0 fully saturated rings. The first-order valence-corrected chi connectivity index (χ1v) is 5.93. The molecule has 1 aromatic heterocycles. The molecule has 2 rings (SSSR count). The van der Waals surface area contributed by atoms with Crippen LogP contribution in [0, 0.1) is 5.92 Å². The number of fused-ring (bicyclic) bond motifs is 1. The highest BCUT2D eigenvalue weighted by molar-refractivity contribution is 6.35. The Balaban J connectivity index is 2.43. The van der Waals surface area contributed by atoms with Crippen LogP contribution in [-0.2, 0) is 6.54 Å². The largest absolute Gasteiger partial charge is 0.346 e. The van der Waals surface area contributed by atoms with Gasteiger partial charge in [-0.05, 0) is 12.0 Å². The van der Waals surface area contributed by atoms with Crippen LogP contribution in [0.2, 0.25) is 5.02 Å². The van der Waals surface area contributed by atoms with E-state index in [-0.39, 0.29) is 0 Å². The summed E-state index contributed by atoms with van der Waals surface area (Å²) in [5, 5.41) is 1.92. The Bertz CT molecular complexity index is 462. The summed E-state index contributed by atoms with van der Waals surface area (Å²) in [5.41, 5.74) is 1.18. The van der Waals surface area contributed by atoms with Crippen LogP contribution in [0.5, 0.6) is 0 Å². The molecule has 0 aliphatic rings. The predicted molar refractivity (Wildman–Crippen MR) is 66.8 cm³/mol. The number of nitrogens with zero attached hydrogens (tertiary/aromatic N) is 1. The summed E-state index contributed by atoms with van der Waals surface area (Å²) in [6, 6.07) is 8.16. The maximum absolute atomic E-state index is 6.15. The molecule has 0 saturated heterocycles. The molecule has 0 spiro atoms. The number of hydrogen-bond donors (Lipinski definition) is 0. The van der Waals surface area contributed by atoms with E-state index in [1.807, 2.05) is 24.4 Å². The Morgan fingerprint density at radius 2 is 2.07 bits per heavy atom. The molecular formula is C12H13Cl2N. The third-order valence-corrected chi connectivity index (χ3v) is 3.34. The van der Waals surface area contributed by atoms with E-state index in [1.54, 1.807) is 0 Å². The number of aromatic nitrogens is 1. The lowest BCUT2D eigenvalue weighted by Crippen LogP contribution is -2.07. The predicted octanol–water partition coefficient (Wildman–Crippen LogP) is 4.17. The summed E-state index contributed by atoms with van der Waals surface area (Å²) in [7, 11) is 0. The van der Waals surface area contributed by atoms with Gasteiger partial charge in [-0.3, -0.25) is 0 Å². The van der Waals surface area contributed by atoms with Gasteiger partial charge in [0.1, 0.15) is 0 Å². The van der Waals surface area contributed by atoms with E-state index in [0.29, 0.717) is 11.8 Å². The molecule has 3 heteroatoms. The summed E-state index contributed by atoms with van der Waals surface area (Å²) in [6.07, 6.45) is 1.98. The van der Waals surface area contributed by atoms with E-state index < -0.39 is 0 Å². The summed E-state index contributed by atoms with van der Waals surface area (Å²) in [5.74, 6) is 1.13. The first kappa shape index (κ1) is 10.8. The fraction of sp³-hybridized carbons (Fsp3) is 0.333. The summed E-state index contributed by atoms with van der Waals surface area (Å²) >= 11 is 12.0. The van der Waals surface area contributed by atoms with Gasteiger partial charge in [-0.25, -0.2) is 0 Å². The van der Waals surface area contributed by atoms with Crippen LogP contribution in [0.1, 0.15) is 6.92 Å². The van der Waals surface area contributed by atoms with Crippen molar-refractivity contribution in [1.82, 2.24) is 4.57 Å². The number of alkyl halides is 1. The fourth-order valence-electron chi connectivity index (χ4n) is 1.74. The zero-order valence-corrected chi connectivity index (χ0v) is 10.1. The van der Waals surface area contributed by atoms with E-state index in [0.717, 1.165) is 17.0 Å². The second-order valence-electron chi connectivity index (χ2n) is 3.91. The van der Waals surface area contributed by atoms with Gasteiger partial charge in [0.05, 0.1) is 5.02 Å². The molecule has 0 aliphatic heterocycles. The minimum atomic E-state index is 0.457. The SMILES string of the molecule is CC(CCl)Cn1cc(Cl)c2ccccc21. The van der Waals surface area contributed by atoms with Gasteiger partial charge in [-0.2, -0.15) is 0 Å². The van der Waals surface area contributed by atoms with Crippen LogP contribution >= 0.6 is 23.2 Å². The monoisotopic (exact) mass is 241 g/mol. The van der Waals surface area contributed by atoms with Crippen LogP contribution in [0.4, 0.5) is 0 Å². The quantitative estimate of drug-likeness (QED) is 0.712. The fourth-order valence-corrected chi connectivity index (χ4v) is 2.11. The zero-order valence-electron chi connectivity index (χ0n) is 8.58. The molecule has 0 amide bonds. The zero-order chi connectivity index (χ0) is 10.8. The molecule has 1 nitrogen and oxygen atoms in total. The van der Waals surface area contributed by atoms with Gasteiger partial charge in [0, 0.05) is 29.5 Å². The standard InChI is InChI=1S/C12H13Cl2N/c1-9(6-13)7-15-8-11(14)10-4-2-3-5-12(10)15/h2-5,8-9H,6-7H2,1H3. The van der Waals surface area contributed by atoms with Crippen LogP contribution in [-0.4, -0.2) is 10.4 Å². The highest BCUT2D eigenvalue weighted by Crippen LogP contribution is 2.26. The summed E-state index contributed by atoms with van der Waals surface area (Å²) < 4.78 is 2.17. The van der Waals surface area contributed by atoms with Gasteiger partial charge in [0.15, 0.2) is 0 Å². The van der Waals surface area contributed by atoms with Crippen LogP contribution in [0.25, 0.3) is 10.9 Å². The third kappa shape index (κ3) is 2.14. The smallest absolute Gasteiger partial charge is 0.0661 e. The Hall–Kier alpha value is -0.660. The first-order valence-electron chi connectivity index (χ1n) is 5.01. The molecule has 1 aromatic carbocycles. The number of benzene rings is 1. The molecule has 0 radical (unpaired) electrons. The second kappa shape index (κ2) is 4.46. The molecule has 1 atom stereocenters. The molecule has 1 unspecified atom stereocenters. The van der Waals surface area contributed by atoms with Gasteiger partial charge < -0.3 is 4.57 Å². The van der Waals surface area contributed by atoms with Crippen molar-refractivity contribution in [3.8, 4) is 0 Å². The molecule has 0 N–H and O–H groups in total. The average Bonchev–Trinajstić information content (AvgIpc) is 2.57. The number of para-hydroxylation sites is 1. The van der Waals surface area contributed by atoms with Gasteiger partial charge in [-0.1, -0.05) is 36.7 Å². The van der Waals surface area contributed by atoms with E-state index in [1.165, 1.54) is 5.52 Å². The number of halogens is 2. The lowest BCUT2D eigenvalue weighted by atomic mass is 10.2. The highest BCUT2D eigenvalue weighted by Gasteiger charge is 2.08. The van der Waals surface area contributed by atoms with E-state index >= 15 is 0 Å². The first-order chi connectivity index (χ1) is 7.22. The Morgan fingerprint density at radius 3 is 2.80 bits per heavy atom. The van der Waals surface area contributed by atoms with Gasteiger partial charge in [-0.15, -0.1) is 11.6 Å². The topological polar surface area (TPSA) is 4.93 Å². The van der Waals surface area contributed by atoms with Crippen LogP contribution < -0.4 is 0 Å². The third-order valence-electron chi connectivity index (χ3n) is 2.51. The van der Waals surface area contributed by atoms with Crippen LogP contribution in [0.15, 0.2) is 30.5 Å². The Kier molecular flexibility index (Phi) is 3.22. The van der Waals surface area contributed by atoms with Gasteiger partial charge in [0.25, 0.3) is 0 Å². The van der Waals surface area contributed by atoms with Crippen molar-refractivity contribution < 1.29 is 0 Å². The maximum Gasteiger partial charge on any atom is 0.0661 e. The van der Waals surface area contributed by atoms with Crippen molar-refractivity contribution in [3.63, 3.8) is 0 Å². The Labute approximate surface area is 99.6 Å². The van der Waals surface area contributed by atoms with Crippen molar-refractivity contribution in [3.05, 3.63) is 35.5 Å². The van der Waals surface area contributed by atoms with Crippen molar-refractivity contribution in [1.29, 1.82) is 0 Å². The minimum Gasteiger partial charge on any atom is -0.346 e. The molecular weight excluding hydrogens is 229 g/mol. The molecule has 0 aliphatic carbocycles. The average molecular weight is 242 g/mol. The Morgan fingerprint density at radius 1 is 1.33 bits per heavy atom. The maximum atomic E-state index is 6.15. The van der Waals surface area contributed by atoms with Crippen molar-refractivity contribution in [2.75, 3.05) is 5.88 Å². The molecule has 1 heterocycles. The van der Waals surface area contributed by atoms with E-state index in [4.69, 9.17) is 23.2 Å². The number of rotatable bonds is 3. The van der Waals surface area contributed by atoms with Crippen molar-refractivity contribution in [2.24, 2.45) is 5.92 Å². The van der Waals surface area contributed by atoms with Crippen molar-refractivity contribution in [2.45, 2.75) is 13.5 Å². The normalized spacial score (nSPS) is 13.3. The minimum absolute atomic E-state index is 0.457. The molecule has 15 heavy (non-hydrogen) atoms. The van der Waals surface area contributed by atoms with Crippen molar-refractivity contribution >= 4 is 34.1 Å². The number of hydrogen-bond acceptors (Lipinski definition) is 0. The lowest BCUT2D eigenvalue weighted by Gasteiger charge is -2.09. The highest BCUT2D eigenvalue weighted by atomic mass is 35.5. The van der Waals surface area contributed by atoms with Crippen LogP contribution in [0.3, 0.4) is 0 Å². The molecule has 80 valence electrons. The second-order valence-corrected chi connectivity index (χ2v) is 4.62. The molecule has 2 aromatic rings. The summed E-state index contributed by atoms with van der Waals surface area (Å²) in [6.45, 7) is 3.05. The molecule has 0 bridgehead atoms.